The van der Waals surface area contributed by atoms with E-state index in [1.54, 1.807) is 30.3 Å². The summed E-state index contributed by atoms with van der Waals surface area (Å²) in [6.07, 6.45) is 0. The van der Waals surface area contributed by atoms with Crippen molar-refractivity contribution >= 4 is 11.8 Å². The van der Waals surface area contributed by atoms with E-state index in [4.69, 9.17) is 5.73 Å². The highest BCUT2D eigenvalue weighted by molar-refractivity contribution is 5.95. The van der Waals surface area contributed by atoms with Gasteiger partial charge >= 0.3 is 0 Å². The number of carbonyl (C=O) groups excluding carboxylic acids is 2. The van der Waals surface area contributed by atoms with Crippen LogP contribution in [0, 0.1) is 13.8 Å². The number of hydrogen-bond acceptors (Lipinski definition) is 3. The molecule has 0 fully saturated rings. The zero-order valence-corrected chi connectivity index (χ0v) is 12.6. The Labute approximate surface area is 129 Å². The standard InChI is InChI=1S/C17H19N3O2/c1-11-8-9-14(12(2)10-11)17(22)20-19-15(16(18)21)13-6-4-3-5-7-13/h3-10,15,19H,1-2H3,(H2,18,21)(H,20,22). The van der Waals surface area contributed by atoms with Crippen molar-refractivity contribution in [2.75, 3.05) is 0 Å². The van der Waals surface area contributed by atoms with Crippen LogP contribution in [0.5, 0.6) is 0 Å². The molecule has 0 heterocycles. The van der Waals surface area contributed by atoms with Gasteiger partial charge in [-0.05, 0) is 31.0 Å². The van der Waals surface area contributed by atoms with E-state index in [9.17, 15) is 9.59 Å². The zero-order chi connectivity index (χ0) is 16.1. The number of hydrazine groups is 1. The Bertz CT molecular complexity index is 684. The third-order valence-electron chi connectivity index (χ3n) is 3.37. The van der Waals surface area contributed by atoms with Gasteiger partial charge < -0.3 is 5.73 Å². The summed E-state index contributed by atoms with van der Waals surface area (Å²) in [5, 5.41) is 0. The maximum Gasteiger partial charge on any atom is 0.265 e. The molecule has 0 aliphatic carbocycles. The van der Waals surface area contributed by atoms with E-state index in [2.05, 4.69) is 10.9 Å². The highest BCUT2D eigenvalue weighted by atomic mass is 16.2. The molecular formula is C17H19N3O2. The van der Waals surface area contributed by atoms with Crippen molar-refractivity contribution in [3.8, 4) is 0 Å². The number of benzene rings is 2. The Hall–Kier alpha value is -2.66. The van der Waals surface area contributed by atoms with Crippen LogP contribution in [0.2, 0.25) is 0 Å². The first kappa shape index (κ1) is 15.7. The molecule has 1 unspecified atom stereocenters. The summed E-state index contributed by atoms with van der Waals surface area (Å²) in [5.41, 5.74) is 13.8. The summed E-state index contributed by atoms with van der Waals surface area (Å²) >= 11 is 0. The minimum Gasteiger partial charge on any atom is -0.368 e. The summed E-state index contributed by atoms with van der Waals surface area (Å²) in [5.74, 6) is -0.869. The van der Waals surface area contributed by atoms with Crippen LogP contribution in [-0.4, -0.2) is 11.8 Å². The number of hydrogen-bond donors (Lipinski definition) is 3. The SMILES string of the molecule is Cc1ccc(C(=O)NNC(C(N)=O)c2ccccc2)c(C)c1. The number of nitrogens with two attached hydrogens (primary N) is 1. The van der Waals surface area contributed by atoms with Gasteiger partial charge in [-0.3, -0.25) is 15.0 Å². The monoisotopic (exact) mass is 297 g/mol. The van der Waals surface area contributed by atoms with E-state index >= 15 is 0 Å². The Morgan fingerprint density at radius 3 is 2.32 bits per heavy atom. The molecule has 114 valence electrons. The molecule has 0 aliphatic rings. The lowest BCUT2D eigenvalue weighted by Crippen LogP contribution is -2.45. The summed E-state index contributed by atoms with van der Waals surface area (Å²) in [7, 11) is 0. The molecule has 4 N–H and O–H groups in total. The highest BCUT2D eigenvalue weighted by Gasteiger charge is 2.18. The summed E-state index contributed by atoms with van der Waals surface area (Å²) < 4.78 is 0. The van der Waals surface area contributed by atoms with Crippen molar-refractivity contribution in [3.63, 3.8) is 0 Å². The van der Waals surface area contributed by atoms with Crippen molar-refractivity contribution < 1.29 is 9.59 Å². The first-order chi connectivity index (χ1) is 10.5. The number of rotatable bonds is 5. The predicted octanol–water partition coefficient (Wildman–Crippen LogP) is 1.76. The Morgan fingerprint density at radius 1 is 1.05 bits per heavy atom. The van der Waals surface area contributed by atoms with Crippen LogP contribution in [0.1, 0.15) is 33.1 Å². The van der Waals surface area contributed by atoms with E-state index in [0.29, 0.717) is 11.1 Å². The van der Waals surface area contributed by atoms with Crippen LogP contribution >= 0.6 is 0 Å². The molecule has 22 heavy (non-hydrogen) atoms. The van der Waals surface area contributed by atoms with Gasteiger partial charge in [-0.15, -0.1) is 0 Å². The number of carbonyl (C=O) groups is 2. The largest absolute Gasteiger partial charge is 0.368 e. The molecule has 1 atom stereocenters. The smallest absolute Gasteiger partial charge is 0.265 e. The maximum absolute atomic E-state index is 12.2. The first-order valence-corrected chi connectivity index (χ1v) is 6.96. The molecule has 2 amide bonds. The molecule has 0 aromatic heterocycles. The fourth-order valence-corrected chi connectivity index (χ4v) is 2.24. The number of aryl methyl sites for hydroxylation is 2. The van der Waals surface area contributed by atoms with Crippen LogP contribution in [0.3, 0.4) is 0 Å². The van der Waals surface area contributed by atoms with Gasteiger partial charge in [-0.2, -0.15) is 0 Å². The van der Waals surface area contributed by atoms with Crippen molar-refractivity contribution in [1.82, 2.24) is 10.9 Å². The quantitative estimate of drug-likeness (QED) is 0.735. The van der Waals surface area contributed by atoms with Crippen LogP contribution in [0.15, 0.2) is 48.5 Å². The maximum atomic E-state index is 12.2. The second-order valence-electron chi connectivity index (χ2n) is 5.16. The van der Waals surface area contributed by atoms with Gasteiger partial charge in [0.25, 0.3) is 5.91 Å². The van der Waals surface area contributed by atoms with Gasteiger partial charge in [0, 0.05) is 5.56 Å². The lowest BCUT2D eigenvalue weighted by Gasteiger charge is -2.17. The predicted molar refractivity (Wildman–Crippen MR) is 84.9 cm³/mol. The molecule has 2 rings (SSSR count). The van der Waals surface area contributed by atoms with Gasteiger partial charge in [0.15, 0.2) is 0 Å². The average Bonchev–Trinajstić information content (AvgIpc) is 2.48. The molecule has 5 nitrogen and oxygen atoms in total. The number of primary amides is 1. The summed E-state index contributed by atoms with van der Waals surface area (Å²) in [6, 6.07) is 13.8. The van der Waals surface area contributed by atoms with Gasteiger partial charge in [-0.25, -0.2) is 5.43 Å². The molecule has 5 heteroatoms. The third-order valence-corrected chi connectivity index (χ3v) is 3.37. The van der Waals surface area contributed by atoms with Crippen LogP contribution in [-0.2, 0) is 4.79 Å². The first-order valence-electron chi connectivity index (χ1n) is 6.96. The molecule has 2 aromatic rings. The fourth-order valence-electron chi connectivity index (χ4n) is 2.24. The normalized spacial score (nSPS) is 11.7. The summed E-state index contributed by atoms with van der Waals surface area (Å²) in [6.45, 7) is 3.83. The van der Waals surface area contributed by atoms with Crippen LogP contribution in [0.25, 0.3) is 0 Å². The van der Waals surface area contributed by atoms with E-state index in [1.807, 2.05) is 32.0 Å². The Morgan fingerprint density at radius 2 is 1.73 bits per heavy atom. The number of amides is 2. The van der Waals surface area contributed by atoms with E-state index in [1.165, 1.54) is 0 Å². The third kappa shape index (κ3) is 3.71. The van der Waals surface area contributed by atoms with Gasteiger partial charge in [0.1, 0.15) is 6.04 Å². The second kappa shape index (κ2) is 6.87. The molecule has 0 saturated heterocycles. The van der Waals surface area contributed by atoms with Crippen molar-refractivity contribution in [3.05, 3.63) is 70.8 Å². The molecule has 0 spiro atoms. The molecular weight excluding hydrogens is 278 g/mol. The molecule has 0 saturated carbocycles. The minimum atomic E-state index is -0.782. The molecule has 2 aromatic carbocycles. The average molecular weight is 297 g/mol. The van der Waals surface area contributed by atoms with Crippen LogP contribution in [0.4, 0.5) is 0 Å². The van der Waals surface area contributed by atoms with Crippen molar-refractivity contribution in [2.45, 2.75) is 19.9 Å². The van der Waals surface area contributed by atoms with Crippen molar-refractivity contribution in [1.29, 1.82) is 0 Å². The van der Waals surface area contributed by atoms with Gasteiger partial charge in [0.05, 0.1) is 0 Å². The topological polar surface area (TPSA) is 84.2 Å². The lowest BCUT2D eigenvalue weighted by molar-refractivity contribution is -0.120. The van der Waals surface area contributed by atoms with Gasteiger partial charge in [0.2, 0.25) is 5.91 Å². The molecule has 0 aliphatic heterocycles. The minimum absolute atomic E-state index is 0.306. The second-order valence-corrected chi connectivity index (χ2v) is 5.16. The van der Waals surface area contributed by atoms with Crippen molar-refractivity contribution in [2.24, 2.45) is 5.73 Å². The van der Waals surface area contributed by atoms with Crippen LogP contribution < -0.4 is 16.6 Å². The van der Waals surface area contributed by atoms with Gasteiger partial charge in [-0.1, -0.05) is 48.0 Å². The van der Waals surface area contributed by atoms with E-state index in [0.717, 1.165) is 11.1 Å². The van der Waals surface area contributed by atoms with E-state index in [-0.39, 0.29) is 5.91 Å². The lowest BCUT2D eigenvalue weighted by atomic mass is 10.1. The fraction of sp³-hybridized carbons (Fsp3) is 0.176. The molecule has 0 bridgehead atoms. The summed E-state index contributed by atoms with van der Waals surface area (Å²) in [4.78, 5) is 23.8. The number of nitrogens with one attached hydrogen (secondary N) is 2. The Kier molecular flexibility index (Phi) is 4.91. The Balaban J connectivity index is 2.10. The van der Waals surface area contributed by atoms with E-state index < -0.39 is 11.9 Å². The molecule has 0 radical (unpaired) electrons. The highest BCUT2D eigenvalue weighted by Crippen LogP contribution is 2.12. The zero-order valence-electron chi connectivity index (χ0n) is 12.6.